The monoisotopic (exact) mass is 388 g/mol. The van der Waals surface area contributed by atoms with Crippen LogP contribution in [0.5, 0.6) is 0 Å². The Kier molecular flexibility index (Phi) is 7.13. The Bertz CT molecular complexity index is 606. The molecule has 140 valence electrons. The van der Waals surface area contributed by atoms with E-state index >= 15 is 0 Å². The molecule has 0 N–H and O–H groups in total. The first-order chi connectivity index (χ1) is 11.1. The van der Waals surface area contributed by atoms with E-state index in [0.717, 1.165) is 0 Å². The standard InChI is InChI=1S/C12H20O10S2/c1-3-19-10(13)12(11(14)20-4-2)8-21-23(15,16)6-5-7-24(17,18)22-9-12/h3-9H2,1-2H3. The van der Waals surface area contributed by atoms with Crippen LogP contribution in [0.2, 0.25) is 0 Å². The van der Waals surface area contributed by atoms with Crippen molar-refractivity contribution in [3.63, 3.8) is 0 Å². The zero-order valence-corrected chi connectivity index (χ0v) is 15.0. The molecule has 1 aliphatic rings. The van der Waals surface area contributed by atoms with E-state index in [-0.39, 0.29) is 19.6 Å². The van der Waals surface area contributed by atoms with Crippen molar-refractivity contribution in [1.82, 2.24) is 0 Å². The van der Waals surface area contributed by atoms with Crippen molar-refractivity contribution < 1.29 is 44.3 Å². The first-order valence-electron chi connectivity index (χ1n) is 7.17. The summed E-state index contributed by atoms with van der Waals surface area (Å²) >= 11 is 0. The lowest BCUT2D eigenvalue weighted by atomic mass is 9.90. The van der Waals surface area contributed by atoms with E-state index in [9.17, 15) is 26.4 Å². The molecular formula is C12H20O10S2. The molecule has 1 saturated heterocycles. The summed E-state index contributed by atoms with van der Waals surface area (Å²) in [6.07, 6.45) is -0.240. The second-order valence-electron chi connectivity index (χ2n) is 4.92. The topological polar surface area (TPSA) is 139 Å². The van der Waals surface area contributed by atoms with Gasteiger partial charge in [-0.3, -0.25) is 18.0 Å². The smallest absolute Gasteiger partial charge is 0.328 e. The van der Waals surface area contributed by atoms with Crippen LogP contribution in [0, 0.1) is 5.41 Å². The molecule has 12 heteroatoms. The highest BCUT2D eigenvalue weighted by Gasteiger charge is 2.52. The third-order valence-electron chi connectivity index (χ3n) is 3.09. The van der Waals surface area contributed by atoms with E-state index in [4.69, 9.17) is 17.8 Å². The minimum absolute atomic E-state index is 0.126. The molecule has 1 aliphatic heterocycles. The Balaban J connectivity index is 3.31. The normalized spacial score (nSPS) is 22.9. The maximum Gasteiger partial charge on any atom is 0.328 e. The molecule has 0 aliphatic carbocycles. The SMILES string of the molecule is CCOC(=O)C1(C(=O)OCC)COS(=O)(=O)CCCS(=O)(=O)OC1. The fourth-order valence-corrected chi connectivity index (χ4v) is 3.99. The number of hydrogen-bond acceptors (Lipinski definition) is 10. The Morgan fingerprint density at radius 3 is 1.58 bits per heavy atom. The third kappa shape index (κ3) is 5.40. The minimum Gasteiger partial charge on any atom is -0.465 e. The van der Waals surface area contributed by atoms with E-state index < -0.39 is 62.3 Å². The second-order valence-corrected chi connectivity index (χ2v) is 8.44. The van der Waals surface area contributed by atoms with Gasteiger partial charge in [-0.1, -0.05) is 0 Å². The molecule has 10 nitrogen and oxygen atoms in total. The van der Waals surface area contributed by atoms with E-state index in [2.05, 4.69) is 0 Å². The summed E-state index contributed by atoms with van der Waals surface area (Å²) in [5.74, 6) is -3.57. The van der Waals surface area contributed by atoms with Gasteiger partial charge in [0.15, 0.2) is 0 Å². The quantitative estimate of drug-likeness (QED) is 0.341. The Morgan fingerprint density at radius 1 is 0.875 bits per heavy atom. The van der Waals surface area contributed by atoms with Crippen LogP contribution in [0.25, 0.3) is 0 Å². The average Bonchev–Trinajstić information content (AvgIpc) is 2.47. The summed E-state index contributed by atoms with van der Waals surface area (Å²) in [5, 5.41) is 0. The number of rotatable bonds is 4. The highest BCUT2D eigenvalue weighted by atomic mass is 32.2. The first kappa shape index (κ1) is 20.8. The molecule has 0 spiro atoms. The average molecular weight is 388 g/mol. The molecule has 0 atom stereocenters. The van der Waals surface area contributed by atoms with Crippen molar-refractivity contribution in [2.45, 2.75) is 20.3 Å². The second kappa shape index (κ2) is 8.23. The van der Waals surface area contributed by atoms with Crippen LogP contribution in [-0.4, -0.2) is 66.7 Å². The van der Waals surface area contributed by atoms with Crippen LogP contribution in [0.15, 0.2) is 0 Å². The van der Waals surface area contributed by atoms with Crippen molar-refractivity contribution in [3.8, 4) is 0 Å². The maximum atomic E-state index is 12.2. The van der Waals surface area contributed by atoms with Crippen molar-refractivity contribution >= 4 is 32.2 Å². The maximum absolute atomic E-state index is 12.2. The van der Waals surface area contributed by atoms with Crippen LogP contribution in [0.3, 0.4) is 0 Å². The molecular weight excluding hydrogens is 368 g/mol. The van der Waals surface area contributed by atoms with E-state index in [1.165, 1.54) is 13.8 Å². The van der Waals surface area contributed by atoms with Crippen LogP contribution < -0.4 is 0 Å². The molecule has 1 rings (SSSR count). The molecule has 0 unspecified atom stereocenters. The number of hydrogen-bond donors (Lipinski definition) is 0. The molecule has 0 aromatic heterocycles. The lowest BCUT2D eigenvalue weighted by Gasteiger charge is -2.28. The highest BCUT2D eigenvalue weighted by molar-refractivity contribution is 7.87. The summed E-state index contributed by atoms with van der Waals surface area (Å²) in [4.78, 5) is 24.5. The summed E-state index contributed by atoms with van der Waals surface area (Å²) in [6.45, 7) is 0.738. The number of carbonyl (C=O) groups is 2. The zero-order valence-electron chi connectivity index (χ0n) is 13.3. The van der Waals surface area contributed by atoms with Crippen molar-refractivity contribution in [1.29, 1.82) is 0 Å². The Hall–Kier alpha value is -1.24. The largest absolute Gasteiger partial charge is 0.465 e. The van der Waals surface area contributed by atoms with Gasteiger partial charge in [0.2, 0.25) is 5.41 Å². The van der Waals surface area contributed by atoms with Crippen molar-refractivity contribution in [2.24, 2.45) is 5.41 Å². The van der Waals surface area contributed by atoms with Gasteiger partial charge >= 0.3 is 11.9 Å². The van der Waals surface area contributed by atoms with E-state index in [1.54, 1.807) is 0 Å². The Labute approximate surface area is 140 Å². The lowest BCUT2D eigenvalue weighted by molar-refractivity contribution is -0.176. The Morgan fingerprint density at radius 2 is 1.25 bits per heavy atom. The van der Waals surface area contributed by atoms with Crippen molar-refractivity contribution in [2.75, 3.05) is 37.9 Å². The third-order valence-corrected chi connectivity index (χ3v) is 5.62. The number of esters is 2. The van der Waals surface area contributed by atoms with Crippen LogP contribution in [-0.2, 0) is 47.7 Å². The van der Waals surface area contributed by atoms with Gasteiger partial charge in [-0.05, 0) is 20.3 Å². The minimum atomic E-state index is -4.14. The summed E-state index contributed by atoms with van der Waals surface area (Å²) < 4.78 is 66.1. The lowest BCUT2D eigenvalue weighted by Crippen LogP contribution is -2.50. The van der Waals surface area contributed by atoms with Gasteiger partial charge in [0, 0.05) is 0 Å². The van der Waals surface area contributed by atoms with Gasteiger partial charge in [-0.2, -0.15) is 16.8 Å². The summed E-state index contributed by atoms with van der Waals surface area (Å²) in [5.41, 5.74) is -2.36. The molecule has 0 radical (unpaired) electrons. The molecule has 1 fully saturated rings. The molecule has 0 aromatic carbocycles. The predicted molar refractivity (Wildman–Crippen MR) is 79.8 cm³/mol. The predicted octanol–water partition coefficient (Wildman–Crippen LogP) is -0.804. The van der Waals surface area contributed by atoms with Gasteiger partial charge in [-0.25, -0.2) is 0 Å². The van der Waals surface area contributed by atoms with Crippen LogP contribution in [0.1, 0.15) is 20.3 Å². The number of ether oxygens (including phenoxy) is 2. The highest BCUT2D eigenvalue weighted by Crippen LogP contribution is 2.26. The molecule has 0 saturated carbocycles. The van der Waals surface area contributed by atoms with E-state index in [1.807, 2.05) is 0 Å². The van der Waals surface area contributed by atoms with Gasteiger partial charge < -0.3 is 9.47 Å². The molecule has 1 heterocycles. The molecule has 0 aromatic rings. The fourth-order valence-electron chi connectivity index (χ4n) is 1.81. The molecule has 24 heavy (non-hydrogen) atoms. The molecule has 0 amide bonds. The first-order valence-corrected chi connectivity index (χ1v) is 10.3. The summed E-state index contributed by atoms with van der Waals surface area (Å²) in [6, 6.07) is 0. The fraction of sp³-hybridized carbons (Fsp3) is 0.833. The van der Waals surface area contributed by atoms with Gasteiger partial charge in [0.25, 0.3) is 20.2 Å². The zero-order chi connectivity index (χ0) is 18.4. The number of carbonyl (C=O) groups excluding carboxylic acids is 2. The van der Waals surface area contributed by atoms with Crippen molar-refractivity contribution in [3.05, 3.63) is 0 Å². The van der Waals surface area contributed by atoms with Crippen LogP contribution >= 0.6 is 0 Å². The van der Waals surface area contributed by atoms with Gasteiger partial charge in [-0.15, -0.1) is 0 Å². The van der Waals surface area contributed by atoms with Gasteiger partial charge in [0.05, 0.1) is 37.9 Å². The van der Waals surface area contributed by atoms with Gasteiger partial charge in [0.1, 0.15) is 0 Å². The van der Waals surface area contributed by atoms with Crippen LogP contribution in [0.4, 0.5) is 0 Å². The summed E-state index contributed by atoms with van der Waals surface area (Å²) in [7, 11) is -8.27. The molecule has 0 bridgehead atoms. The van der Waals surface area contributed by atoms with E-state index in [0.29, 0.717) is 0 Å².